The molecule has 0 bridgehead atoms. The zero-order valence-corrected chi connectivity index (χ0v) is 16.7. The molecule has 1 fully saturated rings. The molecule has 0 N–H and O–H groups in total. The highest BCUT2D eigenvalue weighted by Crippen LogP contribution is 2.35. The second kappa shape index (κ2) is 8.34. The lowest BCUT2D eigenvalue weighted by Crippen LogP contribution is -2.28. The average molecular weight is 420 g/mol. The maximum absolute atomic E-state index is 12.8. The molecule has 0 aliphatic carbocycles. The Labute approximate surface area is 176 Å². The summed E-state index contributed by atoms with van der Waals surface area (Å²) >= 11 is 1.26. The molecule has 9 heteroatoms. The number of benzene rings is 1. The van der Waals surface area contributed by atoms with Crippen molar-refractivity contribution in [3.05, 3.63) is 81.7 Å². The Balaban J connectivity index is 1.61. The summed E-state index contributed by atoms with van der Waals surface area (Å²) in [6.45, 7) is 2.37. The molecule has 3 aromatic rings. The fraction of sp³-hybridized carbons (Fsp3) is 0.0952. The van der Waals surface area contributed by atoms with Gasteiger partial charge in [-0.3, -0.25) is 24.8 Å². The number of carbonyl (C=O) groups excluding carboxylic acids is 1. The summed E-state index contributed by atoms with van der Waals surface area (Å²) in [5.41, 5.74) is 1.24. The first kappa shape index (κ1) is 19.6. The van der Waals surface area contributed by atoms with Gasteiger partial charge in [-0.1, -0.05) is 12.1 Å². The third-order valence-electron chi connectivity index (χ3n) is 4.32. The lowest BCUT2D eigenvalue weighted by molar-refractivity contribution is -0.384. The van der Waals surface area contributed by atoms with E-state index in [2.05, 4.69) is 9.98 Å². The molecule has 0 radical (unpaired) electrons. The third kappa shape index (κ3) is 4.01. The van der Waals surface area contributed by atoms with Crippen LogP contribution in [-0.2, 0) is 4.79 Å². The number of amidine groups is 1. The number of furan rings is 1. The molecule has 30 heavy (non-hydrogen) atoms. The lowest BCUT2D eigenvalue weighted by Gasteiger charge is -2.11. The summed E-state index contributed by atoms with van der Waals surface area (Å²) in [7, 11) is 0. The van der Waals surface area contributed by atoms with Crippen molar-refractivity contribution in [2.45, 2.75) is 6.92 Å². The molecule has 0 atom stereocenters. The molecule has 3 heterocycles. The molecule has 1 aromatic carbocycles. The minimum Gasteiger partial charge on any atom is -0.457 e. The smallest absolute Gasteiger partial charge is 0.270 e. The number of nitro groups is 1. The molecule has 4 rings (SSSR count). The van der Waals surface area contributed by atoms with E-state index in [-0.39, 0.29) is 11.6 Å². The Bertz CT molecular complexity index is 1170. The molecular weight excluding hydrogens is 404 g/mol. The monoisotopic (exact) mass is 420 g/mol. The van der Waals surface area contributed by atoms with E-state index >= 15 is 0 Å². The zero-order chi connectivity index (χ0) is 21.1. The van der Waals surface area contributed by atoms with Gasteiger partial charge in [-0.2, -0.15) is 0 Å². The molecule has 0 unspecified atom stereocenters. The van der Waals surface area contributed by atoms with Crippen LogP contribution in [0.1, 0.15) is 12.7 Å². The van der Waals surface area contributed by atoms with E-state index in [4.69, 9.17) is 4.42 Å². The van der Waals surface area contributed by atoms with Crippen molar-refractivity contribution in [2.24, 2.45) is 4.99 Å². The topological polar surface area (TPSA) is 102 Å². The Kier molecular flexibility index (Phi) is 5.44. The number of nitro benzene ring substituents is 1. The van der Waals surface area contributed by atoms with Crippen LogP contribution in [0.15, 0.2) is 75.2 Å². The summed E-state index contributed by atoms with van der Waals surface area (Å²) in [5, 5.41) is 11.6. The van der Waals surface area contributed by atoms with Crippen molar-refractivity contribution in [3.8, 4) is 11.3 Å². The summed E-state index contributed by atoms with van der Waals surface area (Å²) in [4.78, 5) is 33.9. The average Bonchev–Trinajstić information content (AvgIpc) is 3.34. The molecule has 8 nitrogen and oxygen atoms in total. The Hall–Kier alpha value is -3.72. The second-order valence-electron chi connectivity index (χ2n) is 6.28. The normalized spacial score (nSPS) is 16.6. The first-order chi connectivity index (χ1) is 14.5. The van der Waals surface area contributed by atoms with Crippen LogP contribution < -0.4 is 0 Å². The fourth-order valence-electron chi connectivity index (χ4n) is 2.89. The molecule has 1 saturated heterocycles. The minimum atomic E-state index is -0.453. The van der Waals surface area contributed by atoms with Gasteiger partial charge in [0.05, 0.1) is 21.7 Å². The molecule has 1 amide bonds. The van der Waals surface area contributed by atoms with Crippen LogP contribution in [0.25, 0.3) is 17.4 Å². The molecule has 1 aliphatic heterocycles. The van der Waals surface area contributed by atoms with Crippen molar-refractivity contribution in [1.82, 2.24) is 9.88 Å². The zero-order valence-electron chi connectivity index (χ0n) is 15.9. The van der Waals surface area contributed by atoms with Gasteiger partial charge in [-0.25, -0.2) is 4.99 Å². The Morgan fingerprint density at radius 2 is 2.13 bits per heavy atom. The number of likely N-dealkylation sites (N-methyl/N-ethyl adjacent to an activating group) is 1. The van der Waals surface area contributed by atoms with E-state index < -0.39 is 4.92 Å². The number of hydrogen-bond donors (Lipinski definition) is 0. The quantitative estimate of drug-likeness (QED) is 0.331. The van der Waals surface area contributed by atoms with Gasteiger partial charge in [0.15, 0.2) is 5.17 Å². The summed E-state index contributed by atoms with van der Waals surface area (Å²) < 4.78 is 5.80. The van der Waals surface area contributed by atoms with E-state index in [0.717, 1.165) is 0 Å². The van der Waals surface area contributed by atoms with Gasteiger partial charge in [0.2, 0.25) is 0 Å². The molecule has 0 saturated carbocycles. The predicted octanol–water partition coefficient (Wildman–Crippen LogP) is 4.87. The van der Waals surface area contributed by atoms with Gasteiger partial charge in [0.25, 0.3) is 11.6 Å². The molecule has 0 spiro atoms. The van der Waals surface area contributed by atoms with Crippen molar-refractivity contribution in [1.29, 1.82) is 0 Å². The van der Waals surface area contributed by atoms with E-state index in [1.165, 1.54) is 23.9 Å². The number of pyridine rings is 1. The van der Waals surface area contributed by atoms with Crippen molar-refractivity contribution < 1.29 is 14.1 Å². The summed E-state index contributed by atoms with van der Waals surface area (Å²) in [6, 6.07) is 13.2. The van der Waals surface area contributed by atoms with Crippen LogP contribution in [0.4, 0.5) is 11.4 Å². The van der Waals surface area contributed by atoms with E-state index in [1.807, 2.05) is 13.0 Å². The molecule has 2 aromatic heterocycles. The fourth-order valence-corrected chi connectivity index (χ4v) is 3.93. The van der Waals surface area contributed by atoms with Gasteiger partial charge in [-0.15, -0.1) is 0 Å². The van der Waals surface area contributed by atoms with Gasteiger partial charge in [-0.05, 0) is 43.0 Å². The maximum atomic E-state index is 12.8. The SMILES string of the molecule is CCN1C(=O)/C(=C\c2ccc(-c3cccc([N+](=O)[O-])c3)o2)SC1=Nc1cccnc1. The van der Waals surface area contributed by atoms with E-state index in [1.54, 1.807) is 53.7 Å². The Morgan fingerprint density at radius 3 is 2.87 bits per heavy atom. The van der Waals surface area contributed by atoms with Crippen LogP contribution in [0.2, 0.25) is 0 Å². The van der Waals surface area contributed by atoms with Crippen molar-refractivity contribution >= 4 is 40.3 Å². The highest BCUT2D eigenvalue weighted by Gasteiger charge is 2.32. The first-order valence-electron chi connectivity index (χ1n) is 9.10. The lowest BCUT2D eigenvalue weighted by atomic mass is 10.1. The number of non-ortho nitro benzene ring substituents is 1. The van der Waals surface area contributed by atoms with E-state index in [9.17, 15) is 14.9 Å². The number of hydrogen-bond acceptors (Lipinski definition) is 7. The van der Waals surface area contributed by atoms with Crippen molar-refractivity contribution in [2.75, 3.05) is 6.54 Å². The van der Waals surface area contributed by atoms with Gasteiger partial charge < -0.3 is 4.42 Å². The van der Waals surface area contributed by atoms with Crippen molar-refractivity contribution in [3.63, 3.8) is 0 Å². The summed E-state index contributed by atoms with van der Waals surface area (Å²) in [5.74, 6) is 0.807. The van der Waals surface area contributed by atoms with Crippen LogP contribution in [-0.4, -0.2) is 32.4 Å². The minimum absolute atomic E-state index is 0.0137. The molecule has 1 aliphatic rings. The first-order valence-corrected chi connectivity index (χ1v) is 9.91. The number of amides is 1. The van der Waals surface area contributed by atoms with Crippen LogP contribution in [0.5, 0.6) is 0 Å². The van der Waals surface area contributed by atoms with Crippen LogP contribution >= 0.6 is 11.8 Å². The van der Waals surface area contributed by atoms with Crippen LogP contribution in [0.3, 0.4) is 0 Å². The van der Waals surface area contributed by atoms with Gasteiger partial charge in [0, 0.05) is 36.5 Å². The second-order valence-corrected chi connectivity index (χ2v) is 7.28. The predicted molar refractivity (Wildman–Crippen MR) is 115 cm³/mol. The number of rotatable bonds is 5. The highest BCUT2D eigenvalue weighted by atomic mass is 32.2. The number of carbonyl (C=O) groups is 1. The van der Waals surface area contributed by atoms with E-state index in [0.29, 0.717) is 39.4 Å². The number of aromatic nitrogens is 1. The Morgan fingerprint density at radius 1 is 1.27 bits per heavy atom. The largest absolute Gasteiger partial charge is 0.457 e. The maximum Gasteiger partial charge on any atom is 0.270 e. The van der Waals surface area contributed by atoms with Gasteiger partial charge in [0.1, 0.15) is 11.5 Å². The van der Waals surface area contributed by atoms with Gasteiger partial charge >= 0.3 is 0 Å². The number of nitrogens with zero attached hydrogens (tertiary/aromatic N) is 4. The standard InChI is InChI=1S/C21H16N4O4S/c1-2-24-20(26)19(30-21(24)23-15-6-4-10-22-13-15)12-17-8-9-18(29-17)14-5-3-7-16(11-14)25(27)28/h3-13H,2H2,1H3/b19-12+,23-21?. The number of aliphatic imine (C=N–C) groups is 1. The molecular formula is C21H16N4O4S. The molecule has 150 valence electrons. The summed E-state index contributed by atoms with van der Waals surface area (Å²) in [6.07, 6.45) is 4.95. The van der Waals surface area contributed by atoms with Crippen LogP contribution in [0, 0.1) is 10.1 Å². The third-order valence-corrected chi connectivity index (χ3v) is 5.32. The highest BCUT2D eigenvalue weighted by molar-refractivity contribution is 8.18. The number of thioether (sulfide) groups is 1.